The maximum atomic E-state index is 3.68. The van der Waals surface area contributed by atoms with Gasteiger partial charge >= 0.3 is 0 Å². The molecule has 0 bridgehead atoms. The SMILES string of the molecule is C=C[C@@H](C)[C@@H](C)C=C. The largest absolute Gasteiger partial charge is 0.103 e. The molecule has 0 nitrogen and oxygen atoms in total. The van der Waals surface area contributed by atoms with E-state index < -0.39 is 0 Å². The molecule has 0 saturated heterocycles. The minimum absolute atomic E-state index is 0.562. The second kappa shape index (κ2) is 3.48. The molecule has 8 heavy (non-hydrogen) atoms. The summed E-state index contributed by atoms with van der Waals surface area (Å²) in [6.07, 6.45) is 3.90. The van der Waals surface area contributed by atoms with Gasteiger partial charge in [0.15, 0.2) is 0 Å². The first kappa shape index (κ1) is 7.48. The van der Waals surface area contributed by atoms with Crippen LogP contribution in [0.3, 0.4) is 0 Å². The Hall–Kier alpha value is -0.520. The van der Waals surface area contributed by atoms with Crippen LogP contribution in [0.25, 0.3) is 0 Å². The molecule has 0 unspecified atom stereocenters. The molecule has 0 aromatic heterocycles. The summed E-state index contributed by atoms with van der Waals surface area (Å²) in [5.41, 5.74) is 0. The second-order valence-electron chi connectivity index (χ2n) is 2.19. The quantitative estimate of drug-likeness (QED) is 0.490. The molecule has 0 aliphatic carbocycles. The molecule has 0 aromatic rings. The van der Waals surface area contributed by atoms with Gasteiger partial charge in [-0.15, -0.1) is 13.2 Å². The maximum Gasteiger partial charge on any atom is -0.0204 e. The molecule has 0 N–H and O–H groups in total. The molecule has 46 valence electrons. The van der Waals surface area contributed by atoms with Gasteiger partial charge in [0.1, 0.15) is 0 Å². The fourth-order valence-electron chi connectivity index (χ4n) is 0.429. The van der Waals surface area contributed by atoms with Crippen molar-refractivity contribution in [2.24, 2.45) is 11.8 Å². The van der Waals surface area contributed by atoms with Crippen LogP contribution in [0.2, 0.25) is 0 Å². The van der Waals surface area contributed by atoms with E-state index >= 15 is 0 Å². The molecular weight excluding hydrogens is 96.1 g/mol. The van der Waals surface area contributed by atoms with Gasteiger partial charge in [-0.25, -0.2) is 0 Å². The van der Waals surface area contributed by atoms with Gasteiger partial charge in [0, 0.05) is 0 Å². The standard InChI is InChI=1S/C8H14/c1-5-7(3)8(4)6-2/h5-8H,1-2H2,3-4H3/t7-,8+. The predicted molar refractivity (Wildman–Crippen MR) is 38.7 cm³/mol. The van der Waals surface area contributed by atoms with Gasteiger partial charge < -0.3 is 0 Å². The average molecular weight is 110 g/mol. The minimum Gasteiger partial charge on any atom is -0.103 e. The molecule has 0 aliphatic heterocycles. The number of hydrogen-bond donors (Lipinski definition) is 0. The second-order valence-corrected chi connectivity index (χ2v) is 2.19. The highest BCUT2D eigenvalue weighted by Crippen LogP contribution is 2.11. The monoisotopic (exact) mass is 110 g/mol. The van der Waals surface area contributed by atoms with Gasteiger partial charge in [0.25, 0.3) is 0 Å². The number of allylic oxidation sites excluding steroid dienone is 2. The van der Waals surface area contributed by atoms with E-state index in [9.17, 15) is 0 Å². The lowest BCUT2D eigenvalue weighted by Crippen LogP contribution is -1.99. The van der Waals surface area contributed by atoms with E-state index in [1.165, 1.54) is 0 Å². The Kier molecular flexibility index (Phi) is 3.25. The third-order valence-corrected chi connectivity index (χ3v) is 1.57. The van der Waals surface area contributed by atoms with E-state index in [-0.39, 0.29) is 0 Å². The summed E-state index contributed by atoms with van der Waals surface area (Å²) < 4.78 is 0. The zero-order chi connectivity index (χ0) is 6.57. The number of hydrogen-bond acceptors (Lipinski definition) is 0. The summed E-state index contributed by atoms with van der Waals surface area (Å²) in [5.74, 6) is 1.12. The molecule has 0 aromatic carbocycles. The van der Waals surface area contributed by atoms with Gasteiger partial charge in [0.2, 0.25) is 0 Å². The van der Waals surface area contributed by atoms with Crippen LogP contribution in [0.1, 0.15) is 13.8 Å². The fourth-order valence-corrected chi connectivity index (χ4v) is 0.429. The Morgan fingerprint density at radius 3 is 1.38 bits per heavy atom. The van der Waals surface area contributed by atoms with Gasteiger partial charge in [-0.05, 0) is 11.8 Å². The van der Waals surface area contributed by atoms with Crippen LogP contribution in [-0.4, -0.2) is 0 Å². The van der Waals surface area contributed by atoms with E-state index in [1.54, 1.807) is 0 Å². The molecule has 0 fully saturated rings. The van der Waals surface area contributed by atoms with Crippen molar-refractivity contribution in [3.8, 4) is 0 Å². The predicted octanol–water partition coefficient (Wildman–Crippen LogP) is 2.63. The highest BCUT2D eigenvalue weighted by atomic mass is 14.1. The Morgan fingerprint density at radius 1 is 1.00 bits per heavy atom. The Bertz CT molecular complexity index is 70.0. The summed E-state index contributed by atoms with van der Waals surface area (Å²) in [6, 6.07) is 0. The summed E-state index contributed by atoms with van der Waals surface area (Å²) in [7, 11) is 0. The molecule has 0 heterocycles. The Balaban J connectivity index is 3.60. The lowest BCUT2D eigenvalue weighted by Gasteiger charge is -2.09. The van der Waals surface area contributed by atoms with Crippen LogP contribution in [0, 0.1) is 11.8 Å². The highest BCUT2D eigenvalue weighted by molar-refractivity contribution is 4.87. The summed E-state index contributed by atoms with van der Waals surface area (Å²) >= 11 is 0. The molecule has 0 heteroatoms. The van der Waals surface area contributed by atoms with Crippen LogP contribution >= 0.6 is 0 Å². The Labute approximate surface area is 51.9 Å². The van der Waals surface area contributed by atoms with E-state index in [4.69, 9.17) is 0 Å². The lowest BCUT2D eigenvalue weighted by molar-refractivity contribution is 0.560. The van der Waals surface area contributed by atoms with Crippen LogP contribution in [-0.2, 0) is 0 Å². The van der Waals surface area contributed by atoms with Gasteiger partial charge in [-0.3, -0.25) is 0 Å². The molecule has 0 amide bonds. The molecule has 0 aliphatic rings. The fraction of sp³-hybridized carbons (Fsp3) is 0.500. The lowest BCUT2D eigenvalue weighted by atomic mass is 9.97. The molecule has 0 spiro atoms. The summed E-state index contributed by atoms with van der Waals surface area (Å²) in [6.45, 7) is 11.6. The molecule has 2 atom stereocenters. The molecule has 0 rings (SSSR count). The van der Waals surface area contributed by atoms with Crippen LogP contribution in [0.4, 0.5) is 0 Å². The van der Waals surface area contributed by atoms with Gasteiger partial charge in [-0.2, -0.15) is 0 Å². The Morgan fingerprint density at radius 2 is 1.25 bits per heavy atom. The molecule has 0 saturated carbocycles. The van der Waals surface area contributed by atoms with Crippen molar-refractivity contribution in [3.05, 3.63) is 25.3 Å². The highest BCUT2D eigenvalue weighted by Gasteiger charge is 2.01. The van der Waals surface area contributed by atoms with Crippen molar-refractivity contribution in [1.29, 1.82) is 0 Å². The minimum atomic E-state index is 0.562. The van der Waals surface area contributed by atoms with Crippen LogP contribution in [0.15, 0.2) is 25.3 Å². The van der Waals surface area contributed by atoms with Crippen LogP contribution < -0.4 is 0 Å². The van der Waals surface area contributed by atoms with Crippen molar-refractivity contribution in [2.75, 3.05) is 0 Å². The van der Waals surface area contributed by atoms with Crippen molar-refractivity contribution in [1.82, 2.24) is 0 Å². The van der Waals surface area contributed by atoms with E-state index in [0.29, 0.717) is 11.8 Å². The van der Waals surface area contributed by atoms with E-state index in [2.05, 4.69) is 27.0 Å². The summed E-state index contributed by atoms with van der Waals surface area (Å²) in [4.78, 5) is 0. The van der Waals surface area contributed by atoms with Gasteiger partial charge in [0.05, 0.1) is 0 Å². The first-order valence-corrected chi connectivity index (χ1v) is 2.97. The van der Waals surface area contributed by atoms with E-state index in [1.807, 2.05) is 12.2 Å². The zero-order valence-corrected chi connectivity index (χ0v) is 5.72. The third-order valence-electron chi connectivity index (χ3n) is 1.57. The van der Waals surface area contributed by atoms with E-state index in [0.717, 1.165) is 0 Å². The average Bonchev–Trinajstić information content (AvgIpc) is 1.84. The summed E-state index contributed by atoms with van der Waals surface area (Å²) in [5, 5.41) is 0. The third kappa shape index (κ3) is 1.97. The first-order valence-electron chi connectivity index (χ1n) is 2.97. The smallest absolute Gasteiger partial charge is 0.0204 e. The van der Waals surface area contributed by atoms with Crippen molar-refractivity contribution < 1.29 is 0 Å². The van der Waals surface area contributed by atoms with Gasteiger partial charge in [-0.1, -0.05) is 26.0 Å². The number of rotatable bonds is 3. The first-order chi connectivity index (χ1) is 3.72. The normalized spacial score (nSPS) is 16.8. The topological polar surface area (TPSA) is 0 Å². The molecular formula is C8H14. The van der Waals surface area contributed by atoms with Crippen LogP contribution in [0.5, 0.6) is 0 Å². The zero-order valence-electron chi connectivity index (χ0n) is 5.72. The van der Waals surface area contributed by atoms with Crippen molar-refractivity contribution in [2.45, 2.75) is 13.8 Å². The maximum absolute atomic E-state index is 3.68. The molecule has 0 radical (unpaired) electrons. The van der Waals surface area contributed by atoms with Crippen molar-refractivity contribution >= 4 is 0 Å². The van der Waals surface area contributed by atoms with Crippen molar-refractivity contribution in [3.63, 3.8) is 0 Å².